The Balaban J connectivity index is 1.94. The van der Waals surface area contributed by atoms with Crippen molar-refractivity contribution in [2.45, 2.75) is 12.8 Å². The molecule has 2 N–H and O–H groups in total. The fraction of sp³-hybridized carbons (Fsp3) is 0.636. The zero-order valence-corrected chi connectivity index (χ0v) is 9.59. The van der Waals surface area contributed by atoms with Gasteiger partial charge in [-0.2, -0.15) is 0 Å². The molecule has 1 aliphatic heterocycles. The summed E-state index contributed by atoms with van der Waals surface area (Å²) in [6, 6.07) is 0. The van der Waals surface area contributed by atoms with Crippen LogP contribution in [0.5, 0.6) is 0 Å². The van der Waals surface area contributed by atoms with Gasteiger partial charge in [0.25, 0.3) is 0 Å². The van der Waals surface area contributed by atoms with Crippen molar-refractivity contribution >= 4 is 11.6 Å². The van der Waals surface area contributed by atoms with Crippen LogP contribution in [0, 0.1) is 5.92 Å². The van der Waals surface area contributed by atoms with E-state index in [1.807, 2.05) is 7.05 Å². The van der Waals surface area contributed by atoms with Crippen molar-refractivity contribution in [2.75, 3.05) is 37.4 Å². The maximum atomic E-state index is 5.61. The SMILES string of the molecule is CN(CC1CCOCC1)c1cncc(N)n1. The number of rotatable bonds is 3. The molecule has 88 valence electrons. The van der Waals surface area contributed by atoms with Gasteiger partial charge in [0.05, 0.1) is 12.4 Å². The van der Waals surface area contributed by atoms with Crippen molar-refractivity contribution in [1.82, 2.24) is 9.97 Å². The molecule has 0 radical (unpaired) electrons. The van der Waals surface area contributed by atoms with E-state index in [1.54, 1.807) is 12.4 Å². The van der Waals surface area contributed by atoms with E-state index in [9.17, 15) is 0 Å². The second-order valence-corrected chi connectivity index (χ2v) is 4.24. The molecule has 2 rings (SSSR count). The first-order valence-electron chi connectivity index (χ1n) is 5.62. The summed E-state index contributed by atoms with van der Waals surface area (Å²) in [5.41, 5.74) is 5.61. The fourth-order valence-corrected chi connectivity index (χ4v) is 1.96. The van der Waals surface area contributed by atoms with Crippen LogP contribution in [-0.4, -0.2) is 36.8 Å². The Morgan fingerprint density at radius 3 is 2.88 bits per heavy atom. The highest BCUT2D eigenvalue weighted by Crippen LogP contribution is 2.18. The molecule has 2 heterocycles. The Morgan fingerprint density at radius 1 is 1.44 bits per heavy atom. The highest BCUT2D eigenvalue weighted by Gasteiger charge is 2.16. The molecule has 0 aliphatic carbocycles. The molecule has 0 bridgehead atoms. The van der Waals surface area contributed by atoms with Gasteiger partial charge in [-0.25, -0.2) is 4.98 Å². The molecule has 16 heavy (non-hydrogen) atoms. The Labute approximate surface area is 95.6 Å². The van der Waals surface area contributed by atoms with Crippen molar-refractivity contribution in [3.05, 3.63) is 12.4 Å². The highest BCUT2D eigenvalue weighted by atomic mass is 16.5. The summed E-state index contributed by atoms with van der Waals surface area (Å²) < 4.78 is 5.34. The monoisotopic (exact) mass is 222 g/mol. The van der Waals surface area contributed by atoms with Crippen LogP contribution in [-0.2, 0) is 4.74 Å². The molecule has 1 aromatic heterocycles. The van der Waals surface area contributed by atoms with Crippen LogP contribution in [0.1, 0.15) is 12.8 Å². The number of nitrogens with zero attached hydrogens (tertiary/aromatic N) is 3. The van der Waals surface area contributed by atoms with Crippen molar-refractivity contribution in [3.63, 3.8) is 0 Å². The van der Waals surface area contributed by atoms with E-state index in [4.69, 9.17) is 10.5 Å². The minimum atomic E-state index is 0.469. The van der Waals surface area contributed by atoms with Crippen LogP contribution in [0.2, 0.25) is 0 Å². The average Bonchev–Trinajstić information content (AvgIpc) is 2.30. The van der Waals surface area contributed by atoms with Gasteiger partial charge in [0.1, 0.15) is 11.6 Å². The summed E-state index contributed by atoms with van der Waals surface area (Å²) in [6.07, 6.45) is 5.56. The molecule has 1 saturated heterocycles. The van der Waals surface area contributed by atoms with Gasteiger partial charge in [-0.3, -0.25) is 4.98 Å². The van der Waals surface area contributed by atoms with Crippen molar-refractivity contribution < 1.29 is 4.74 Å². The summed E-state index contributed by atoms with van der Waals surface area (Å²) in [5.74, 6) is 1.99. The summed E-state index contributed by atoms with van der Waals surface area (Å²) in [6.45, 7) is 2.74. The third-order valence-electron chi connectivity index (χ3n) is 2.90. The molecule has 1 aliphatic rings. The molecular formula is C11H18N4O. The summed E-state index contributed by atoms with van der Waals surface area (Å²) in [7, 11) is 2.03. The predicted molar refractivity (Wildman–Crippen MR) is 63.3 cm³/mol. The van der Waals surface area contributed by atoms with Gasteiger partial charge < -0.3 is 15.4 Å². The molecule has 5 heteroatoms. The van der Waals surface area contributed by atoms with Gasteiger partial charge in [-0.15, -0.1) is 0 Å². The number of ether oxygens (including phenoxy) is 1. The lowest BCUT2D eigenvalue weighted by atomic mass is 10.00. The van der Waals surface area contributed by atoms with Gasteiger partial charge in [0.2, 0.25) is 0 Å². The van der Waals surface area contributed by atoms with Crippen LogP contribution in [0.15, 0.2) is 12.4 Å². The van der Waals surface area contributed by atoms with Crippen LogP contribution >= 0.6 is 0 Å². The second kappa shape index (κ2) is 5.12. The van der Waals surface area contributed by atoms with E-state index in [0.29, 0.717) is 11.7 Å². The number of anilines is 2. The lowest BCUT2D eigenvalue weighted by Gasteiger charge is -2.27. The largest absolute Gasteiger partial charge is 0.382 e. The standard InChI is InChI=1S/C11H18N4O/c1-15(8-9-2-4-16-5-3-9)11-7-13-6-10(12)14-11/h6-7,9H,2-5,8H2,1H3,(H2,12,14). The van der Waals surface area contributed by atoms with E-state index in [0.717, 1.165) is 38.4 Å². The van der Waals surface area contributed by atoms with Gasteiger partial charge >= 0.3 is 0 Å². The van der Waals surface area contributed by atoms with Gasteiger partial charge in [0.15, 0.2) is 0 Å². The topological polar surface area (TPSA) is 64.3 Å². The molecule has 0 amide bonds. The minimum Gasteiger partial charge on any atom is -0.382 e. The number of nitrogens with two attached hydrogens (primary N) is 1. The normalized spacial score (nSPS) is 17.3. The third kappa shape index (κ3) is 2.82. The molecule has 1 fully saturated rings. The lowest BCUT2D eigenvalue weighted by molar-refractivity contribution is 0.0685. The van der Waals surface area contributed by atoms with E-state index < -0.39 is 0 Å². The molecule has 5 nitrogen and oxygen atoms in total. The van der Waals surface area contributed by atoms with Crippen LogP contribution in [0.4, 0.5) is 11.6 Å². The molecule has 0 aromatic carbocycles. The first-order valence-corrected chi connectivity index (χ1v) is 5.62. The summed E-state index contributed by atoms with van der Waals surface area (Å²) in [5, 5.41) is 0. The first-order chi connectivity index (χ1) is 7.75. The summed E-state index contributed by atoms with van der Waals surface area (Å²) in [4.78, 5) is 10.4. The number of hydrogen-bond donors (Lipinski definition) is 1. The predicted octanol–water partition coefficient (Wildman–Crippen LogP) is 0.922. The Kier molecular flexibility index (Phi) is 3.56. The Hall–Kier alpha value is -1.36. The number of nitrogen functional groups attached to an aromatic ring is 1. The van der Waals surface area contributed by atoms with E-state index in [-0.39, 0.29) is 0 Å². The first kappa shape index (κ1) is 11.1. The number of hydrogen-bond acceptors (Lipinski definition) is 5. The third-order valence-corrected chi connectivity index (χ3v) is 2.90. The van der Waals surface area contributed by atoms with E-state index in [1.165, 1.54) is 0 Å². The van der Waals surface area contributed by atoms with Gasteiger partial charge in [-0.1, -0.05) is 0 Å². The molecule has 0 unspecified atom stereocenters. The Morgan fingerprint density at radius 2 is 2.19 bits per heavy atom. The van der Waals surface area contributed by atoms with Crippen molar-refractivity contribution in [3.8, 4) is 0 Å². The highest BCUT2D eigenvalue weighted by molar-refractivity contribution is 5.40. The average molecular weight is 222 g/mol. The zero-order chi connectivity index (χ0) is 11.4. The molecule has 0 atom stereocenters. The van der Waals surface area contributed by atoms with Crippen molar-refractivity contribution in [1.29, 1.82) is 0 Å². The smallest absolute Gasteiger partial charge is 0.149 e. The molecular weight excluding hydrogens is 204 g/mol. The second-order valence-electron chi connectivity index (χ2n) is 4.24. The Bertz CT molecular complexity index is 339. The van der Waals surface area contributed by atoms with Crippen LogP contribution < -0.4 is 10.6 Å². The van der Waals surface area contributed by atoms with Gasteiger partial charge in [-0.05, 0) is 18.8 Å². The summed E-state index contributed by atoms with van der Waals surface area (Å²) >= 11 is 0. The van der Waals surface area contributed by atoms with Gasteiger partial charge in [0, 0.05) is 26.8 Å². The van der Waals surface area contributed by atoms with Crippen LogP contribution in [0.3, 0.4) is 0 Å². The quantitative estimate of drug-likeness (QED) is 0.824. The maximum absolute atomic E-state index is 5.61. The lowest BCUT2D eigenvalue weighted by Crippen LogP contribution is -2.30. The fourth-order valence-electron chi connectivity index (χ4n) is 1.96. The van der Waals surface area contributed by atoms with E-state index >= 15 is 0 Å². The minimum absolute atomic E-state index is 0.469. The van der Waals surface area contributed by atoms with E-state index in [2.05, 4.69) is 14.9 Å². The maximum Gasteiger partial charge on any atom is 0.149 e. The zero-order valence-electron chi connectivity index (χ0n) is 9.59. The van der Waals surface area contributed by atoms with Crippen LogP contribution in [0.25, 0.3) is 0 Å². The van der Waals surface area contributed by atoms with Crippen molar-refractivity contribution in [2.24, 2.45) is 5.92 Å². The molecule has 1 aromatic rings. The number of aromatic nitrogens is 2. The molecule has 0 saturated carbocycles. The molecule has 0 spiro atoms.